The molecule has 0 aliphatic carbocycles. The maximum Gasteiger partial charge on any atom is 0.317 e. The summed E-state index contributed by atoms with van der Waals surface area (Å²) in [4.78, 5) is 31.4. The van der Waals surface area contributed by atoms with E-state index in [1.54, 1.807) is 0 Å². The molecule has 0 atom stereocenters. The van der Waals surface area contributed by atoms with Crippen LogP contribution in [0.3, 0.4) is 0 Å². The van der Waals surface area contributed by atoms with Crippen molar-refractivity contribution in [1.29, 1.82) is 0 Å². The Hall–Kier alpha value is -2.16. The monoisotopic (exact) mass is 564 g/mol. The normalized spacial score (nSPS) is 21.4. The number of benzene rings is 1. The molecular weight excluding hydrogens is 516 g/mol. The van der Waals surface area contributed by atoms with Gasteiger partial charge in [0.25, 0.3) is 0 Å². The largest absolute Gasteiger partial charge is 0.480 e. The Morgan fingerprint density at radius 2 is 1.07 bits per heavy atom. The Labute approximate surface area is 238 Å². The number of nitrogens with zero attached hydrogens (tertiary/aromatic N) is 4. The lowest BCUT2D eigenvalue weighted by Gasteiger charge is -2.29. The topological polar surface area (TPSA) is 130 Å². The molecule has 0 bridgehead atoms. The molecule has 2 saturated heterocycles. The highest BCUT2D eigenvalue weighted by molar-refractivity contribution is 5.69. The number of rotatable bonds is 8. The van der Waals surface area contributed by atoms with Crippen molar-refractivity contribution in [1.82, 2.24) is 30.2 Å². The summed E-state index contributed by atoms with van der Waals surface area (Å²) in [7, 11) is 0. The van der Waals surface area contributed by atoms with Gasteiger partial charge in [0, 0.05) is 91.6 Å². The standard InChI is InChI=1S/C28H48N6O6/c35-27(36)23-33-12-10-31(8-4-29-6-16-39-18-14-33)21-25-2-1-3-26(20-25)22-32-9-5-30-7-17-40-19-15-34(13-11-32)24-28(37)38/h1-3,20,29-30H,4-19,21-24H2,(H,35,36)(H,37,38). The first-order valence-corrected chi connectivity index (χ1v) is 14.5. The number of nitrogens with one attached hydrogen (secondary N) is 2. The molecule has 2 heterocycles. The second-order valence-corrected chi connectivity index (χ2v) is 10.4. The van der Waals surface area contributed by atoms with Crippen LogP contribution in [0.5, 0.6) is 0 Å². The predicted octanol–water partition coefficient (Wildman–Crippen LogP) is -0.697. The van der Waals surface area contributed by atoms with E-state index < -0.39 is 11.9 Å². The van der Waals surface area contributed by atoms with Crippen LogP contribution in [0.4, 0.5) is 0 Å². The molecule has 1 aromatic rings. The van der Waals surface area contributed by atoms with E-state index in [0.717, 1.165) is 65.4 Å². The van der Waals surface area contributed by atoms with Gasteiger partial charge in [-0.05, 0) is 11.1 Å². The van der Waals surface area contributed by atoms with Crippen LogP contribution in [-0.2, 0) is 32.2 Å². The van der Waals surface area contributed by atoms with E-state index in [2.05, 4.69) is 44.7 Å². The second-order valence-electron chi connectivity index (χ2n) is 10.4. The van der Waals surface area contributed by atoms with Crippen LogP contribution in [0.25, 0.3) is 0 Å². The Bertz CT molecular complexity index is 812. The van der Waals surface area contributed by atoms with Crippen molar-refractivity contribution in [3.8, 4) is 0 Å². The number of ether oxygens (including phenoxy) is 2. The van der Waals surface area contributed by atoms with Gasteiger partial charge in [-0.25, -0.2) is 0 Å². The number of hydrogen-bond donors (Lipinski definition) is 4. The summed E-state index contributed by atoms with van der Waals surface area (Å²) in [5.74, 6) is -1.63. The molecule has 0 aromatic heterocycles. The highest BCUT2D eigenvalue weighted by Crippen LogP contribution is 2.12. The fraction of sp³-hybridized carbons (Fsp3) is 0.714. The molecule has 1 aromatic carbocycles. The summed E-state index contributed by atoms with van der Waals surface area (Å²) in [5, 5.41) is 25.5. The van der Waals surface area contributed by atoms with Gasteiger partial charge in [0.05, 0.1) is 39.5 Å². The molecule has 0 unspecified atom stereocenters. The van der Waals surface area contributed by atoms with Gasteiger partial charge < -0.3 is 30.3 Å². The lowest BCUT2D eigenvalue weighted by Crippen LogP contribution is -2.42. The van der Waals surface area contributed by atoms with Crippen LogP contribution in [0.15, 0.2) is 24.3 Å². The van der Waals surface area contributed by atoms with Crippen molar-refractivity contribution in [3.63, 3.8) is 0 Å². The van der Waals surface area contributed by atoms with E-state index in [9.17, 15) is 19.8 Å². The Balaban J connectivity index is 1.61. The summed E-state index contributed by atoms with van der Waals surface area (Å²) < 4.78 is 11.3. The van der Waals surface area contributed by atoms with E-state index in [1.807, 2.05) is 9.80 Å². The number of hydrogen-bond acceptors (Lipinski definition) is 10. The van der Waals surface area contributed by atoms with Crippen LogP contribution >= 0.6 is 0 Å². The lowest BCUT2D eigenvalue weighted by atomic mass is 10.1. The SMILES string of the molecule is O=C(O)CN1CCOCCNCCN(Cc2cccc(CN3CCNCCOCCN(CC(=O)O)CC3)c2)CC1. The molecular formula is C28H48N6O6. The Morgan fingerprint density at radius 3 is 1.52 bits per heavy atom. The average Bonchev–Trinajstić information content (AvgIpc) is 2.90. The molecule has 12 heteroatoms. The number of carbonyl (C=O) groups is 2. The Morgan fingerprint density at radius 1 is 0.625 bits per heavy atom. The van der Waals surface area contributed by atoms with Crippen molar-refractivity contribution in [2.45, 2.75) is 13.1 Å². The van der Waals surface area contributed by atoms with Gasteiger partial charge in [-0.3, -0.25) is 29.2 Å². The number of carboxylic acid groups (broad SMARTS) is 2. The zero-order valence-corrected chi connectivity index (χ0v) is 23.8. The summed E-state index contributed by atoms with van der Waals surface area (Å²) in [6, 6.07) is 8.68. The first-order chi connectivity index (χ1) is 19.5. The zero-order valence-electron chi connectivity index (χ0n) is 23.8. The highest BCUT2D eigenvalue weighted by atomic mass is 16.5. The van der Waals surface area contributed by atoms with Crippen LogP contribution in [0, 0.1) is 0 Å². The van der Waals surface area contributed by atoms with Crippen molar-refractivity contribution in [3.05, 3.63) is 35.4 Å². The predicted molar refractivity (Wildman–Crippen MR) is 153 cm³/mol. The van der Waals surface area contributed by atoms with E-state index in [4.69, 9.17) is 9.47 Å². The molecule has 0 radical (unpaired) electrons. The third kappa shape index (κ3) is 14.0. The molecule has 226 valence electrons. The maximum absolute atomic E-state index is 11.3. The van der Waals surface area contributed by atoms with Gasteiger partial charge >= 0.3 is 11.9 Å². The Kier molecular flexibility index (Phi) is 15.4. The van der Waals surface area contributed by atoms with Crippen LogP contribution in [0.1, 0.15) is 11.1 Å². The van der Waals surface area contributed by atoms with Crippen LogP contribution in [0.2, 0.25) is 0 Å². The van der Waals surface area contributed by atoms with Crippen LogP contribution < -0.4 is 10.6 Å². The van der Waals surface area contributed by atoms with E-state index in [1.165, 1.54) is 11.1 Å². The average molecular weight is 565 g/mol. The molecule has 3 rings (SSSR count). The fourth-order valence-electron chi connectivity index (χ4n) is 4.98. The molecule has 12 nitrogen and oxygen atoms in total. The first-order valence-electron chi connectivity index (χ1n) is 14.5. The summed E-state index contributed by atoms with van der Waals surface area (Å²) >= 11 is 0. The maximum atomic E-state index is 11.3. The fourth-order valence-corrected chi connectivity index (χ4v) is 4.98. The van der Waals surface area contributed by atoms with Crippen molar-refractivity contribution in [2.24, 2.45) is 0 Å². The quantitative estimate of drug-likeness (QED) is 0.319. The van der Waals surface area contributed by atoms with Crippen molar-refractivity contribution >= 4 is 11.9 Å². The zero-order chi connectivity index (χ0) is 28.4. The van der Waals surface area contributed by atoms with E-state index in [0.29, 0.717) is 52.6 Å². The molecule has 0 saturated carbocycles. The van der Waals surface area contributed by atoms with E-state index >= 15 is 0 Å². The van der Waals surface area contributed by atoms with Gasteiger partial charge in [-0.2, -0.15) is 0 Å². The minimum atomic E-state index is -0.815. The summed E-state index contributed by atoms with van der Waals surface area (Å²) in [6.45, 7) is 13.0. The number of aliphatic carboxylic acids is 2. The van der Waals surface area contributed by atoms with E-state index in [-0.39, 0.29) is 13.1 Å². The summed E-state index contributed by atoms with van der Waals surface area (Å²) in [5.41, 5.74) is 2.46. The van der Waals surface area contributed by atoms with Gasteiger partial charge in [0.2, 0.25) is 0 Å². The molecule has 2 aliphatic heterocycles. The van der Waals surface area contributed by atoms with Gasteiger partial charge in [-0.1, -0.05) is 24.3 Å². The molecule has 4 N–H and O–H groups in total. The van der Waals surface area contributed by atoms with Gasteiger partial charge in [0.1, 0.15) is 0 Å². The first kappa shape index (κ1) is 32.4. The molecule has 0 spiro atoms. The molecule has 2 aliphatic rings. The van der Waals surface area contributed by atoms with Crippen molar-refractivity contribution in [2.75, 3.05) is 118 Å². The third-order valence-electron chi connectivity index (χ3n) is 7.15. The van der Waals surface area contributed by atoms with Crippen LogP contribution in [-0.4, -0.2) is 160 Å². The lowest BCUT2D eigenvalue weighted by molar-refractivity contribution is -0.139. The van der Waals surface area contributed by atoms with Crippen molar-refractivity contribution < 1.29 is 29.3 Å². The molecule has 2 fully saturated rings. The minimum absolute atomic E-state index is 0.0204. The van der Waals surface area contributed by atoms with Gasteiger partial charge in [-0.15, -0.1) is 0 Å². The van der Waals surface area contributed by atoms with Gasteiger partial charge in [0.15, 0.2) is 0 Å². The molecule has 0 amide bonds. The number of carboxylic acids is 2. The highest BCUT2D eigenvalue weighted by Gasteiger charge is 2.16. The summed E-state index contributed by atoms with van der Waals surface area (Å²) in [6.07, 6.45) is 0. The minimum Gasteiger partial charge on any atom is -0.480 e. The molecule has 40 heavy (non-hydrogen) atoms. The third-order valence-corrected chi connectivity index (χ3v) is 7.15. The second kappa shape index (κ2) is 19.1. The smallest absolute Gasteiger partial charge is 0.317 e.